The number of esters is 1. The normalized spacial score (nSPS) is 16.9. The average molecular weight is 543 g/mol. The molecule has 1 aliphatic rings. The number of hydrogen-bond donors (Lipinski definition) is 1. The van der Waals surface area contributed by atoms with Crippen molar-refractivity contribution < 1.29 is 19.4 Å². The van der Waals surface area contributed by atoms with Crippen molar-refractivity contribution in [2.45, 2.75) is 39.5 Å². The monoisotopic (exact) mass is 542 g/mol. The number of halogens is 1. The van der Waals surface area contributed by atoms with Crippen molar-refractivity contribution in [2.75, 3.05) is 7.11 Å². The molecule has 3 aromatic heterocycles. The Labute approximate surface area is 229 Å². The summed E-state index contributed by atoms with van der Waals surface area (Å²) in [4.78, 5) is 29.9. The van der Waals surface area contributed by atoms with Crippen LogP contribution in [0.2, 0.25) is 5.02 Å². The number of fused-ring (bicyclic) bond motifs is 4. The molecule has 39 heavy (non-hydrogen) atoms. The van der Waals surface area contributed by atoms with E-state index in [1.807, 2.05) is 23.6 Å². The van der Waals surface area contributed by atoms with Gasteiger partial charge in [0.15, 0.2) is 5.78 Å². The van der Waals surface area contributed by atoms with Crippen LogP contribution >= 0.6 is 11.6 Å². The van der Waals surface area contributed by atoms with Gasteiger partial charge in [-0.2, -0.15) is 5.10 Å². The highest BCUT2D eigenvalue weighted by Gasteiger charge is 2.36. The van der Waals surface area contributed by atoms with Gasteiger partial charge in [-0.1, -0.05) is 18.5 Å². The zero-order valence-corrected chi connectivity index (χ0v) is 22.6. The highest BCUT2D eigenvalue weighted by molar-refractivity contribution is 6.34. The first-order valence-corrected chi connectivity index (χ1v) is 13.1. The Bertz CT molecular complexity index is 1800. The summed E-state index contributed by atoms with van der Waals surface area (Å²) in [6, 6.07) is 14.0. The number of Topliss-reactive ketones (excluding diaryl/α,β-unsaturated/α-hetero) is 1. The van der Waals surface area contributed by atoms with Gasteiger partial charge in [0.2, 0.25) is 0 Å². The molecule has 0 spiro atoms. The third-order valence-electron chi connectivity index (χ3n) is 7.78. The summed E-state index contributed by atoms with van der Waals surface area (Å²) >= 11 is 6.66. The summed E-state index contributed by atoms with van der Waals surface area (Å²) in [7, 11) is 1.34. The second-order valence-electron chi connectivity index (χ2n) is 10.6. The Morgan fingerprint density at radius 1 is 1.15 bits per heavy atom. The fraction of sp³-hybridized carbons (Fsp3) is 0.267. The Kier molecular flexibility index (Phi) is 5.95. The van der Waals surface area contributed by atoms with Crippen LogP contribution < -0.4 is 0 Å². The van der Waals surface area contributed by atoms with Crippen molar-refractivity contribution in [3.63, 3.8) is 0 Å². The van der Waals surface area contributed by atoms with E-state index < -0.39 is 5.97 Å². The molecule has 0 aliphatic heterocycles. The second kappa shape index (κ2) is 9.24. The Morgan fingerprint density at radius 2 is 1.97 bits per heavy atom. The van der Waals surface area contributed by atoms with Gasteiger partial charge in [-0.15, -0.1) is 0 Å². The minimum absolute atomic E-state index is 0.0298. The third kappa shape index (κ3) is 4.25. The van der Waals surface area contributed by atoms with E-state index >= 15 is 0 Å². The molecule has 3 heterocycles. The number of aromatic hydroxyl groups is 1. The number of methoxy groups -OCH3 is 1. The predicted octanol–water partition coefficient (Wildman–Crippen LogP) is 5.90. The summed E-state index contributed by atoms with van der Waals surface area (Å²) in [5.41, 5.74) is 6.44. The van der Waals surface area contributed by atoms with E-state index in [9.17, 15) is 14.7 Å². The highest BCUT2D eigenvalue weighted by Crippen LogP contribution is 2.42. The zero-order valence-electron chi connectivity index (χ0n) is 21.9. The molecule has 6 rings (SSSR count). The van der Waals surface area contributed by atoms with E-state index in [0.717, 1.165) is 52.0 Å². The van der Waals surface area contributed by atoms with Crippen molar-refractivity contribution in [2.24, 2.45) is 5.41 Å². The number of carbonyl (C=O) groups is 2. The van der Waals surface area contributed by atoms with Gasteiger partial charge in [0.25, 0.3) is 0 Å². The number of hydrogen-bond acceptors (Lipinski definition) is 6. The molecular formula is C30H27ClN4O4. The van der Waals surface area contributed by atoms with Crippen LogP contribution in [0.3, 0.4) is 0 Å². The van der Waals surface area contributed by atoms with E-state index in [2.05, 4.69) is 11.9 Å². The summed E-state index contributed by atoms with van der Waals surface area (Å²) in [6.07, 6.45) is 4.19. The van der Waals surface area contributed by atoms with Crippen LogP contribution in [0.5, 0.6) is 5.75 Å². The maximum atomic E-state index is 13.5. The van der Waals surface area contributed by atoms with Crippen molar-refractivity contribution in [3.05, 3.63) is 88.0 Å². The zero-order chi connectivity index (χ0) is 27.5. The molecule has 0 unspecified atom stereocenters. The Hall–Kier alpha value is -4.17. The van der Waals surface area contributed by atoms with Crippen LogP contribution in [0, 0.1) is 12.3 Å². The molecule has 198 valence electrons. The lowest BCUT2D eigenvalue weighted by Gasteiger charge is -2.32. The molecule has 8 nitrogen and oxygen atoms in total. The molecule has 0 saturated heterocycles. The summed E-state index contributed by atoms with van der Waals surface area (Å²) in [5.74, 6) is -0.256. The van der Waals surface area contributed by atoms with Gasteiger partial charge < -0.3 is 9.84 Å². The number of nitrogens with zero attached hydrogens (tertiary/aromatic N) is 4. The lowest BCUT2D eigenvalue weighted by molar-refractivity contribution is 0.0600. The van der Waals surface area contributed by atoms with Gasteiger partial charge in [-0.05, 0) is 80.1 Å². The van der Waals surface area contributed by atoms with E-state index in [-0.39, 0.29) is 16.9 Å². The van der Waals surface area contributed by atoms with E-state index in [1.54, 1.807) is 47.2 Å². The molecule has 0 saturated carbocycles. The minimum Gasteiger partial charge on any atom is -0.506 e. The lowest BCUT2D eigenvalue weighted by Crippen LogP contribution is -2.28. The van der Waals surface area contributed by atoms with Crippen LogP contribution in [-0.4, -0.2) is 43.1 Å². The Morgan fingerprint density at radius 3 is 2.74 bits per heavy atom. The molecule has 5 aromatic rings. The van der Waals surface area contributed by atoms with Crippen LogP contribution in [0.25, 0.3) is 22.2 Å². The third-order valence-corrected chi connectivity index (χ3v) is 8.09. The topological polar surface area (TPSA) is 98.7 Å². The average Bonchev–Trinajstić information content (AvgIpc) is 3.51. The van der Waals surface area contributed by atoms with Crippen molar-refractivity contribution in [1.82, 2.24) is 19.2 Å². The van der Waals surface area contributed by atoms with Gasteiger partial charge >= 0.3 is 5.97 Å². The molecule has 1 N–H and O–H groups in total. The second-order valence-corrected chi connectivity index (χ2v) is 11.0. The van der Waals surface area contributed by atoms with Crippen molar-refractivity contribution in [3.8, 4) is 11.4 Å². The number of benzene rings is 2. The van der Waals surface area contributed by atoms with Gasteiger partial charge in [0.1, 0.15) is 17.6 Å². The van der Waals surface area contributed by atoms with Crippen molar-refractivity contribution in [1.29, 1.82) is 0 Å². The number of aromatic nitrogens is 4. The number of carbonyl (C=O) groups excluding carboxylic acids is 2. The SMILES string of the molecule is COC(=O)c1ccc2ncn(-c3ccc(C(=O)C[C@]4(C)CCc5nn6c(C)ccc(O)c6c5C4)c(Cl)c3)c2c1. The van der Waals surface area contributed by atoms with Crippen LogP contribution in [-0.2, 0) is 17.6 Å². The molecule has 2 aromatic carbocycles. The van der Waals surface area contributed by atoms with Gasteiger partial charge in [0.05, 0.1) is 34.4 Å². The first-order valence-electron chi connectivity index (χ1n) is 12.7. The van der Waals surface area contributed by atoms with Crippen LogP contribution in [0.15, 0.2) is 54.9 Å². The van der Waals surface area contributed by atoms with Gasteiger partial charge in [-0.25, -0.2) is 14.3 Å². The first-order chi connectivity index (χ1) is 18.7. The van der Waals surface area contributed by atoms with E-state index in [1.165, 1.54) is 7.11 Å². The van der Waals surface area contributed by atoms with Crippen LogP contribution in [0.1, 0.15) is 57.4 Å². The quantitative estimate of drug-likeness (QED) is 0.219. The number of pyridine rings is 1. The summed E-state index contributed by atoms with van der Waals surface area (Å²) in [6.45, 7) is 4.08. The minimum atomic E-state index is -0.429. The van der Waals surface area contributed by atoms with Crippen molar-refractivity contribution >= 4 is 39.9 Å². The molecular weight excluding hydrogens is 516 g/mol. The van der Waals surface area contributed by atoms with E-state index in [0.29, 0.717) is 29.0 Å². The number of aryl methyl sites for hydroxylation is 2. The summed E-state index contributed by atoms with van der Waals surface area (Å²) in [5, 5.41) is 15.6. The molecule has 0 bridgehead atoms. The highest BCUT2D eigenvalue weighted by atomic mass is 35.5. The predicted molar refractivity (Wildman–Crippen MR) is 148 cm³/mol. The van der Waals surface area contributed by atoms with Crippen LogP contribution in [0.4, 0.5) is 0 Å². The molecule has 0 fully saturated rings. The largest absolute Gasteiger partial charge is 0.506 e. The lowest BCUT2D eigenvalue weighted by atomic mass is 9.71. The number of rotatable bonds is 5. The number of imidazole rings is 1. The maximum absolute atomic E-state index is 13.5. The van der Waals surface area contributed by atoms with E-state index in [4.69, 9.17) is 21.4 Å². The smallest absolute Gasteiger partial charge is 0.337 e. The maximum Gasteiger partial charge on any atom is 0.337 e. The molecule has 1 aliphatic carbocycles. The first kappa shape index (κ1) is 25.1. The number of ketones is 1. The number of ether oxygens (including phenoxy) is 1. The molecule has 1 atom stereocenters. The fourth-order valence-electron chi connectivity index (χ4n) is 5.66. The standard InChI is InChI=1S/C30H27ClN4O4/c1-17-4-9-26(36)28-21-14-30(2,11-10-23(21)33-35(17)28)15-27(37)20-7-6-19(13-22(20)31)34-16-32-24-8-5-18(12-25(24)34)29(38)39-3/h4-9,12-13,16,36H,10-11,14-15H2,1-3H3/t30-/m1/s1. The molecule has 9 heteroatoms. The fourth-order valence-corrected chi connectivity index (χ4v) is 5.94. The summed E-state index contributed by atoms with van der Waals surface area (Å²) < 4.78 is 8.47. The molecule has 0 radical (unpaired) electrons. The molecule has 0 amide bonds. The van der Waals surface area contributed by atoms with Gasteiger partial charge in [0, 0.05) is 28.9 Å². The Balaban J connectivity index is 1.27. The van der Waals surface area contributed by atoms with Gasteiger partial charge in [-0.3, -0.25) is 9.36 Å².